The Bertz CT molecular complexity index is 578. The summed E-state index contributed by atoms with van der Waals surface area (Å²) < 4.78 is 0. The van der Waals surface area contributed by atoms with Crippen LogP contribution in [0.5, 0.6) is 11.5 Å². The van der Waals surface area contributed by atoms with Crippen LogP contribution in [0.2, 0.25) is 0 Å². The van der Waals surface area contributed by atoms with Crippen molar-refractivity contribution in [3.63, 3.8) is 0 Å². The lowest BCUT2D eigenvalue weighted by atomic mass is 9.71. The van der Waals surface area contributed by atoms with Crippen molar-refractivity contribution < 1.29 is 10.2 Å². The molecule has 0 aromatic heterocycles. The second-order valence-electron chi connectivity index (χ2n) is 5.68. The molecule has 2 aromatic rings. The van der Waals surface area contributed by atoms with Crippen LogP contribution in [0.4, 0.5) is 0 Å². The van der Waals surface area contributed by atoms with Gasteiger partial charge in [0.15, 0.2) is 0 Å². The minimum Gasteiger partial charge on any atom is -0.508 e. The highest BCUT2D eigenvalue weighted by Gasteiger charge is 2.30. The van der Waals surface area contributed by atoms with Crippen molar-refractivity contribution in [2.24, 2.45) is 0 Å². The van der Waals surface area contributed by atoms with Gasteiger partial charge >= 0.3 is 0 Å². The summed E-state index contributed by atoms with van der Waals surface area (Å²) in [5, 5.41) is 19.2. The Labute approximate surface area is 120 Å². The first-order chi connectivity index (χ1) is 9.38. The number of benzene rings is 2. The van der Waals surface area contributed by atoms with Crippen LogP contribution in [-0.2, 0) is 5.41 Å². The van der Waals surface area contributed by atoms with Crippen molar-refractivity contribution in [3.8, 4) is 11.5 Å². The van der Waals surface area contributed by atoms with Gasteiger partial charge in [-0.2, -0.15) is 0 Å². The second-order valence-corrected chi connectivity index (χ2v) is 5.68. The van der Waals surface area contributed by atoms with E-state index in [9.17, 15) is 10.2 Å². The van der Waals surface area contributed by atoms with Crippen LogP contribution in [0.15, 0.2) is 36.4 Å². The Hall–Kier alpha value is -1.96. The van der Waals surface area contributed by atoms with Gasteiger partial charge in [0.25, 0.3) is 0 Å². The van der Waals surface area contributed by atoms with Gasteiger partial charge in [0.1, 0.15) is 11.5 Å². The minimum absolute atomic E-state index is 0.129. The Balaban J connectivity index is 2.63. The van der Waals surface area contributed by atoms with Gasteiger partial charge in [-0.05, 0) is 66.8 Å². The molecule has 0 spiro atoms. The molecule has 2 aromatic carbocycles. The zero-order valence-electron chi connectivity index (χ0n) is 12.6. The summed E-state index contributed by atoms with van der Waals surface area (Å²) in [6.45, 7) is 8.43. The molecule has 0 amide bonds. The Morgan fingerprint density at radius 2 is 1.25 bits per heavy atom. The number of hydrogen-bond acceptors (Lipinski definition) is 2. The summed E-state index contributed by atoms with van der Waals surface area (Å²) in [5.41, 5.74) is 4.47. The molecule has 0 bridgehead atoms. The lowest BCUT2D eigenvalue weighted by Gasteiger charge is -2.33. The molecule has 0 aliphatic carbocycles. The summed E-state index contributed by atoms with van der Waals surface area (Å²) >= 11 is 0. The van der Waals surface area contributed by atoms with Crippen molar-refractivity contribution in [1.29, 1.82) is 0 Å². The third-order valence-corrected chi connectivity index (χ3v) is 4.32. The maximum absolute atomic E-state index is 9.60. The summed E-state index contributed by atoms with van der Waals surface area (Å²) in [6.07, 6.45) is 0.949. The molecule has 0 saturated carbocycles. The van der Waals surface area contributed by atoms with Crippen molar-refractivity contribution in [2.75, 3.05) is 0 Å². The van der Waals surface area contributed by atoms with E-state index in [4.69, 9.17) is 0 Å². The fourth-order valence-corrected chi connectivity index (χ4v) is 3.06. The van der Waals surface area contributed by atoms with E-state index < -0.39 is 0 Å². The van der Waals surface area contributed by atoms with Crippen molar-refractivity contribution in [3.05, 3.63) is 58.7 Å². The monoisotopic (exact) mass is 270 g/mol. The molecule has 106 valence electrons. The highest BCUT2D eigenvalue weighted by atomic mass is 16.3. The molecule has 20 heavy (non-hydrogen) atoms. The molecular formula is C18H22O2. The summed E-state index contributed by atoms with van der Waals surface area (Å²) in [7, 11) is 0. The fourth-order valence-electron chi connectivity index (χ4n) is 3.06. The Morgan fingerprint density at radius 3 is 1.55 bits per heavy atom. The SMILES string of the molecule is CCC(C)(c1ccc(O)cc1C)c1ccc(O)cc1C. The number of rotatable bonds is 3. The van der Waals surface area contributed by atoms with Gasteiger partial charge in [0.2, 0.25) is 0 Å². The van der Waals surface area contributed by atoms with Gasteiger partial charge in [0, 0.05) is 5.41 Å². The number of phenolic OH excluding ortho intramolecular Hbond substituents is 2. The maximum atomic E-state index is 9.60. The molecule has 0 atom stereocenters. The molecule has 0 fully saturated rings. The lowest BCUT2D eigenvalue weighted by Crippen LogP contribution is -2.24. The molecule has 0 radical (unpaired) electrons. The highest BCUT2D eigenvalue weighted by Crippen LogP contribution is 2.40. The van der Waals surface area contributed by atoms with E-state index in [2.05, 4.69) is 13.8 Å². The Morgan fingerprint density at radius 1 is 0.850 bits per heavy atom. The molecule has 2 heteroatoms. The number of aromatic hydroxyl groups is 2. The predicted octanol–water partition coefficient (Wildman–Crippen LogP) is 4.43. The van der Waals surface area contributed by atoms with Gasteiger partial charge in [0.05, 0.1) is 0 Å². The van der Waals surface area contributed by atoms with E-state index >= 15 is 0 Å². The van der Waals surface area contributed by atoms with E-state index in [1.807, 2.05) is 26.0 Å². The van der Waals surface area contributed by atoms with Crippen molar-refractivity contribution in [1.82, 2.24) is 0 Å². The smallest absolute Gasteiger partial charge is 0.115 e. The first-order valence-electron chi connectivity index (χ1n) is 6.98. The standard InChI is InChI=1S/C18H22O2/c1-5-18(4,16-8-6-14(19)10-12(16)2)17-9-7-15(20)11-13(17)3/h6-11,19-20H,5H2,1-4H3. The highest BCUT2D eigenvalue weighted by molar-refractivity contribution is 5.49. The van der Waals surface area contributed by atoms with Crippen molar-refractivity contribution >= 4 is 0 Å². The minimum atomic E-state index is -0.129. The summed E-state index contributed by atoms with van der Waals surface area (Å²) in [4.78, 5) is 0. The molecule has 0 unspecified atom stereocenters. The van der Waals surface area contributed by atoms with E-state index in [0.717, 1.165) is 17.5 Å². The second kappa shape index (κ2) is 5.20. The first kappa shape index (κ1) is 14.4. The number of hydrogen-bond donors (Lipinski definition) is 2. The average Bonchev–Trinajstić information content (AvgIpc) is 2.37. The molecule has 0 heterocycles. The topological polar surface area (TPSA) is 40.5 Å². The lowest BCUT2D eigenvalue weighted by molar-refractivity contribution is 0.471. The maximum Gasteiger partial charge on any atom is 0.115 e. The summed E-state index contributed by atoms with van der Waals surface area (Å²) in [6, 6.07) is 11.1. The first-order valence-corrected chi connectivity index (χ1v) is 6.98. The van der Waals surface area contributed by atoms with Crippen LogP contribution in [-0.4, -0.2) is 10.2 Å². The third kappa shape index (κ3) is 2.38. The van der Waals surface area contributed by atoms with Gasteiger partial charge < -0.3 is 10.2 Å². The predicted molar refractivity (Wildman–Crippen MR) is 82.4 cm³/mol. The van der Waals surface area contributed by atoms with E-state index in [-0.39, 0.29) is 5.41 Å². The van der Waals surface area contributed by atoms with Gasteiger partial charge in [-0.1, -0.05) is 26.0 Å². The quantitative estimate of drug-likeness (QED) is 0.866. The van der Waals surface area contributed by atoms with Crippen LogP contribution >= 0.6 is 0 Å². The van der Waals surface area contributed by atoms with Crippen LogP contribution in [0, 0.1) is 13.8 Å². The number of phenols is 2. The molecule has 2 N–H and O–H groups in total. The average molecular weight is 270 g/mol. The molecule has 2 rings (SSSR count). The number of aryl methyl sites for hydroxylation is 2. The normalized spacial score (nSPS) is 11.6. The van der Waals surface area contributed by atoms with Crippen LogP contribution in [0.3, 0.4) is 0 Å². The van der Waals surface area contributed by atoms with E-state index in [0.29, 0.717) is 11.5 Å². The summed E-state index contributed by atoms with van der Waals surface area (Å²) in [5.74, 6) is 0.597. The van der Waals surface area contributed by atoms with Gasteiger partial charge in [-0.15, -0.1) is 0 Å². The van der Waals surface area contributed by atoms with Crippen LogP contribution in [0.1, 0.15) is 42.5 Å². The largest absolute Gasteiger partial charge is 0.508 e. The van der Waals surface area contributed by atoms with Gasteiger partial charge in [-0.25, -0.2) is 0 Å². The zero-order chi connectivity index (χ0) is 14.9. The van der Waals surface area contributed by atoms with Crippen LogP contribution in [0.25, 0.3) is 0 Å². The third-order valence-electron chi connectivity index (χ3n) is 4.32. The van der Waals surface area contributed by atoms with Crippen LogP contribution < -0.4 is 0 Å². The van der Waals surface area contributed by atoms with Gasteiger partial charge in [-0.3, -0.25) is 0 Å². The molecule has 2 nitrogen and oxygen atoms in total. The fraction of sp³-hybridized carbons (Fsp3) is 0.333. The van der Waals surface area contributed by atoms with E-state index in [1.165, 1.54) is 11.1 Å². The molecule has 0 aliphatic rings. The Kier molecular flexibility index (Phi) is 3.76. The molecule has 0 saturated heterocycles. The molecule has 0 aliphatic heterocycles. The zero-order valence-corrected chi connectivity index (χ0v) is 12.6. The molecular weight excluding hydrogens is 248 g/mol. The van der Waals surface area contributed by atoms with Crippen molar-refractivity contribution in [2.45, 2.75) is 39.5 Å². The van der Waals surface area contributed by atoms with E-state index in [1.54, 1.807) is 24.3 Å².